The van der Waals surface area contributed by atoms with Gasteiger partial charge >= 0.3 is 0 Å². The summed E-state index contributed by atoms with van der Waals surface area (Å²) in [6.07, 6.45) is 3.69. The van der Waals surface area contributed by atoms with Crippen LogP contribution in [0.5, 0.6) is 0 Å². The zero-order valence-electron chi connectivity index (χ0n) is 14.2. The van der Waals surface area contributed by atoms with Crippen LogP contribution in [-0.4, -0.2) is 28.9 Å². The van der Waals surface area contributed by atoms with Gasteiger partial charge in [-0.25, -0.2) is 4.39 Å². The fraction of sp³-hybridized carbons (Fsp3) is 0.238. The van der Waals surface area contributed by atoms with Crippen molar-refractivity contribution in [3.05, 3.63) is 76.8 Å². The maximum atomic E-state index is 14.1. The minimum absolute atomic E-state index is 0.0405. The molecule has 0 bridgehead atoms. The van der Waals surface area contributed by atoms with Crippen LogP contribution in [0.1, 0.15) is 34.8 Å². The molecule has 1 fully saturated rings. The van der Waals surface area contributed by atoms with Crippen molar-refractivity contribution in [2.45, 2.75) is 18.8 Å². The first-order valence-corrected chi connectivity index (χ1v) is 9.09. The molecule has 1 amide bonds. The molecule has 1 aromatic heterocycles. The van der Waals surface area contributed by atoms with Crippen molar-refractivity contribution in [2.24, 2.45) is 0 Å². The summed E-state index contributed by atoms with van der Waals surface area (Å²) in [5.41, 5.74) is 0.933. The Morgan fingerprint density at radius 1 is 1.15 bits per heavy atom. The van der Waals surface area contributed by atoms with Crippen LogP contribution in [0.4, 0.5) is 4.39 Å². The number of hydrogen-bond donors (Lipinski definition) is 0. The van der Waals surface area contributed by atoms with E-state index in [1.54, 1.807) is 11.0 Å². The SMILES string of the molecule is O=C(c1c(F)cccc1Cl)N1CCC[C@H](c2cc3ccccc3cn2)C1. The van der Waals surface area contributed by atoms with Crippen molar-refractivity contribution in [1.82, 2.24) is 9.88 Å². The molecule has 2 aromatic carbocycles. The van der Waals surface area contributed by atoms with Crippen LogP contribution in [0.15, 0.2) is 54.7 Å². The van der Waals surface area contributed by atoms with Gasteiger partial charge in [-0.05, 0) is 36.4 Å². The highest BCUT2D eigenvalue weighted by Crippen LogP contribution is 2.30. The lowest BCUT2D eigenvalue weighted by molar-refractivity contribution is 0.0701. The van der Waals surface area contributed by atoms with Gasteiger partial charge in [-0.1, -0.05) is 41.9 Å². The standard InChI is InChI=1S/C21H18ClFN2O/c22-17-8-3-9-18(23)20(17)21(26)25-10-4-7-16(13-25)19-11-14-5-1-2-6-15(14)12-24-19/h1-3,5-6,8-9,11-12,16H,4,7,10,13H2/t16-/m0/s1. The lowest BCUT2D eigenvalue weighted by Gasteiger charge is -2.33. The first-order valence-electron chi connectivity index (χ1n) is 8.71. The summed E-state index contributed by atoms with van der Waals surface area (Å²) in [6.45, 7) is 1.13. The summed E-state index contributed by atoms with van der Waals surface area (Å²) in [6, 6.07) is 14.5. The second-order valence-electron chi connectivity index (χ2n) is 6.64. The van der Waals surface area contributed by atoms with Crippen LogP contribution >= 0.6 is 11.6 Å². The molecule has 26 heavy (non-hydrogen) atoms. The third kappa shape index (κ3) is 3.17. The Morgan fingerprint density at radius 3 is 2.77 bits per heavy atom. The highest BCUT2D eigenvalue weighted by atomic mass is 35.5. The Morgan fingerprint density at radius 2 is 1.96 bits per heavy atom. The molecular formula is C21H18ClFN2O. The molecule has 0 unspecified atom stereocenters. The summed E-state index contributed by atoms with van der Waals surface area (Å²) in [7, 11) is 0. The zero-order chi connectivity index (χ0) is 18.1. The maximum absolute atomic E-state index is 14.1. The van der Waals surface area contributed by atoms with Crippen LogP contribution in [0.2, 0.25) is 5.02 Å². The fourth-order valence-electron chi connectivity index (χ4n) is 3.59. The van der Waals surface area contributed by atoms with E-state index in [4.69, 9.17) is 11.6 Å². The topological polar surface area (TPSA) is 33.2 Å². The number of pyridine rings is 1. The van der Waals surface area contributed by atoms with Gasteiger partial charge in [0.1, 0.15) is 5.82 Å². The first-order chi connectivity index (χ1) is 12.6. The summed E-state index contributed by atoms with van der Waals surface area (Å²) >= 11 is 6.06. The maximum Gasteiger partial charge on any atom is 0.258 e. The van der Waals surface area contributed by atoms with Crippen LogP contribution in [-0.2, 0) is 0 Å². The molecule has 1 aliphatic heterocycles. The molecule has 0 N–H and O–H groups in total. The summed E-state index contributed by atoms with van der Waals surface area (Å²) in [5, 5.41) is 2.39. The number of benzene rings is 2. The van der Waals surface area contributed by atoms with Crippen molar-refractivity contribution < 1.29 is 9.18 Å². The Kier molecular flexibility index (Phi) is 4.60. The molecule has 0 aliphatic carbocycles. The average molecular weight is 369 g/mol. The number of halogens is 2. The van der Waals surface area contributed by atoms with Crippen LogP contribution in [0.3, 0.4) is 0 Å². The number of likely N-dealkylation sites (tertiary alicyclic amines) is 1. The number of nitrogens with zero attached hydrogens (tertiary/aromatic N) is 2. The van der Waals surface area contributed by atoms with Gasteiger partial charge in [0.2, 0.25) is 0 Å². The lowest BCUT2D eigenvalue weighted by atomic mass is 9.93. The molecule has 0 saturated carbocycles. The van der Waals surface area contributed by atoms with Crippen molar-refractivity contribution >= 4 is 28.3 Å². The van der Waals surface area contributed by atoms with Gasteiger partial charge in [0.25, 0.3) is 5.91 Å². The van der Waals surface area contributed by atoms with E-state index in [9.17, 15) is 9.18 Å². The van der Waals surface area contributed by atoms with Gasteiger partial charge in [-0.15, -0.1) is 0 Å². The van der Waals surface area contributed by atoms with Gasteiger partial charge < -0.3 is 4.90 Å². The second-order valence-corrected chi connectivity index (χ2v) is 7.05. The molecule has 0 radical (unpaired) electrons. The number of hydrogen-bond acceptors (Lipinski definition) is 2. The molecule has 4 rings (SSSR count). The van der Waals surface area contributed by atoms with E-state index in [-0.39, 0.29) is 22.4 Å². The van der Waals surface area contributed by atoms with Crippen LogP contribution in [0.25, 0.3) is 10.8 Å². The Bertz CT molecular complexity index is 955. The van der Waals surface area contributed by atoms with E-state index >= 15 is 0 Å². The van der Waals surface area contributed by atoms with Gasteiger partial charge in [-0.2, -0.15) is 0 Å². The molecule has 5 heteroatoms. The quantitative estimate of drug-likeness (QED) is 0.634. The van der Waals surface area contributed by atoms with E-state index in [0.717, 1.165) is 29.3 Å². The molecule has 0 spiro atoms. The number of amides is 1. The summed E-state index contributed by atoms with van der Waals surface area (Å²) < 4.78 is 14.1. The molecule has 132 valence electrons. The monoisotopic (exact) mass is 368 g/mol. The predicted molar refractivity (Wildman–Crippen MR) is 101 cm³/mol. The Labute approximate surface area is 156 Å². The Hall–Kier alpha value is -2.46. The van der Waals surface area contributed by atoms with Gasteiger partial charge in [0.15, 0.2) is 0 Å². The molecule has 1 aliphatic rings. The minimum atomic E-state index is -0.576. The van der Waals surface area contributed by atoms with Crippen molar-refractivity contribution in [1.29, 1.82) is 0 Å². The third-order valence-corrected chi connectivity index (χ3v) is 5.27. The highest BCUT2D eigenvalue weighted by molar-refractivity contribution is 6.33. The van der Waals surface area contributed by atoms with E-state index in [1.807, 2.05) is 24.4 Å². The van der Waals surface area contributed by atoms with Crippen LogP contribution in [0, 0.1) is 5.82 Å². The smallest absolute Gasteiger partial charge is 0.258 e. The normalized spacial score (nSPS) is 17.5. The number of rotatable bonds is 2. The van der Waals surface area contributed by atoms with E-state index in [0.29, 0.717) is 13.1 Å². The van der Waals surface area contributed by atoms with E-state index in [1.165, 1.54) is 12.1 Å². The zero-order valence-corrected chi connectivity index (χ0v) is 14.9. The average Bonchev–Trinajstić information content (AvgIpc) is 2.67. The second kappa shape index (κ2) is 7.04. The van der Waals surface area contributed by atoms with Gasteiger partial charge in [0, 0.05) is 36.3 Å². The number of fused-ring (bicyclic) bond motifs is 1. The lowest BCUT2D eigenvalue weighted by Crippen LogP contribution is -2.39. The molecule has 1 atom stereocenters. The Balaban J connectivity index is 1.59. The largest absolute Gasteiger partial charge is 0.338 e. The van der Waals surface area contributed by atoms with Crippen molar-refractivity contribution in [2.75, 3.05) is 13.1 Å². The van der Waals surface area contributed by atoms with Gasteiger partial charge in [0.05, 0.1) is 10.6 Å². The van der Waals surface area contributed by atoms with Gasteiger partial charge in [-0.3, -0.25) is 9.78 Å². The highest BCUT2D eigenvalue weighted by Gasteiger charge is 2.28. The minimum Gasteiger partial charge on any atom is -0.338 e. The number of piperidine rings is 1. The summed E-state index contributed by atoms with van der Waals surface area (Å²) in [4.78, 5) is 19.1. The third-order valence-electron chi connectivity index (χ3n) is 4.96. The predicted octanol–water partition coefficient (Wildman–Crippen LogP) is 5.05. The molecule has 3 aromatic rings. The van der Waals surface area contributed by atoms with Crippen molar-refractivity contribution in [3.63, 3.8) is 0 Å². The summed E-state index contributed by atoms with van der Waals surface area (Å²) in [5.74, 6) is -0.783. The fourth-order valence-corrected chi connectivity index (χ4v) is 3.83. The van der Waals surface area contributed by atoms with Crippen LogP contribution < -0.4 is 0 Å². The molecule has 1 saturated heterocycles. The number of aromatic nitrogens is 1. The first kappa shape index (κ1) is 17.0. The molecular weight excluding hydrogens is 351 g/mol. The number of carbonyl (C=O) groups is 1. The number of carbonyl (C=O) groups excluding carboxylic acids is 1. The molecule has 3 nitrogen and oxygen atoms in total. The molecule has 2 heterocycles. The van der Waals surface area contributed by atoms with E-state index < -0.39 is 5.82 Å². The van der Waals surface area contributed by atoms with Crippen molar-refractivity contribution in [3.8, 4) is 0 Å². The van der Waals surface area contributed by atoms with E-state index in [2.05, 4.69) is 17.1 Å².